The molecule has 0 rings (SSSR count). The van der Waals surface area contributed by atoms with E-state index in [-0.39, 0.29) is 0 Å². The van der Waals surface area contributed by atoms with E-state index >= 15 is 0 Å². The zero-order chi connectivity index (χ0) is 14.8. The normalized spacial score (nSPS) is 11.2. The molecule has 1 N–H and O–H groups in total. The van der Waals surface area contributed by atoms with Gasteiger partial charge < -0.3 is 19.5 Å². The predicted molar refractivity (Wildman–Crippen MR) is 52.6 cm³/mol. The van der Waals surface area contributed by atoms with Crippen molar-refractivity contribution in [2.24, 2.45) is 0 Å². The molecule has 0 saturated carbocycles. The van der Waals surface area contributed by atoms with Gasteiger partial charge in [-0.3, -0.25) is 9.59 Å². The van der Waals surface area contributed by atoms with E-state index in [0.29, 0.717) is 0 Å². The van der Waals surface area contributed by atoms with Gasteiger partial charge in [0.05, 0.1) is 12.8 Å². The Morgan fingerprint density at radius 3 is 2.21 bits per heavy atom. The Hall–Kier alpha value is -2.66. The number of aliphatic carboxylic acids is 1. The number of carboxylic acids is 1. The highest BCUT2D eigenvalue weighted by atomic mass is 17.0. The van der Waals surface area contributed by atoms with Crippen molar-refractivity contribution in [1.82, 2.24) is 0 Å². The minimum Gasteiger partial charge on any atom is -0.481 e. The molecule has 0 amide bonds. The fourth-order valence-electron chi connectivity index (χ4n) is 0.842. The van der Waals surface area contributed by atoms with E-state index in [1.807, 2.05) is 0 Å². The fraction of sp³-hybridized carbons (Fsp3) is 0.714. The van der Waals surface area contributed by atoms with E-state index in [4.69, 9.17) is 5.11 Å². The van der Waals surface area contributed by atoms with E-state index in [1.165, 1.54) is 0 Å². The van der Waals surface area contributed by atoms with Crippen LogP contribution in [0.2, 0.25) is 0 Å². The summed E-state index contributed by atoms with van der Waals surface area (Å²) in [5.74, 6) is -2.15. The molecule has 0 aromatic rings. The number of hydrogen-bond acceptors (Lipinski definition) is 9. The van der Waals surface area contributed by atoms with Gasteiger partial charge >= 0.3 is 11.9 Å². The lowest BCUT2D eigenvalue weighted by molar-refractivity contribution is -0.790. The van der Waals surface area contributed by atoms with Gasteiger partial charge in [-0.2, -0.15) is 0 Å². The molecule has 0 fully saturated rings. The number of esters is 1. The lowest BCUT2D eigenvalue weighted by atomic mass is 10.3. The first-order valence-corrected chi connectivity index (χ1v) is 4.77. The molecule has 0 aliphatic heterocycles. The second-order valence-corrected chi connectivity index (χ2v) is 3.05. The summed E-state index contributed by atoms with van der Waals surface area (Å²) in [6, 6.07) is 0. The first-order chi connectivity index (χ1) is 8.81. The zero-order valence-corrected chi connectivity index (χ0v) is 9.42. The number of nitrogens with zero attached hydrogens (tertiary/aromatic N) is 2. The summed E-state index contributed by atoms with van der Waals surface area (Å²) in [6.45, 7) is -1.48. The fourth-order valence-corrected chi connectivity index (χ4v) is 0.842. The third-order valence-electron chi connectivity index (χ3n) is 1.57. The first-order valence-electron chi connectivity index (χ1n) is 4.77. The summed E-state index contributed by atoms with van der Waals surface area (Å²) in [5, 5.41) is 25.8. The lowest BCUT2D eigenvalue weighted by Crippen LogP contribution is -2.30. The van der Waals surface area contributed by atoms with Crippen LogP contribution in [0.1, 0.15) is 12.8 Å². The van der Waals surface area contributed by atoms with Crippen LogP contribution in [0.25, 0.3) is 0 Å². The highest BCUT2D eigenvalue weighted by molar-refractivity contribution is 5.76. The molecule has 0 aromatic carbocycles. The number of ether oxygens (including phenoxy) is 1. The van der Waals surface area contributed by atoms with Gasteiger partial charge in [-0.1, -0.05) is 0 Å². The maximum Gasteiger partial charge on any atom is 0.306 e. The van der Waals surface area contributed by atoms with Crippen LogP contribution in [0.15, 0.2) is 0 Å². The molecule has 19 heavy (non-hydrogen) atoms. The Morgan fingerprint density at radius 2 is 1.74 bits per heavy atom. The highest BCUT2D eigenvalue weighted by Crippen LogP contribution is 1.99. The molecule has 0 unspecified atom stereocenters. The summed E-state index contributed by atoms with van der Waals surface area (Å²) in [5.41, 5.74) is 0. The van der Waals surface area contributed by atoms with E-state index in [9.17, 15) is 29.8 Å². The quantitative estimate of drug-likeness (QED) is 0.303. The summed E-state index contributed by atoms with van der Waals surface area (Å²) in [6.07, 6.45) is -2.38. The third-order valence-corrected chi connectivity index (χ3v) is 1.57. The number of hydrogen-bond donors (Lipinski definition) is 1. The maximum atomic E-state index is 11.0. The molecule has 0 heterocycles. The topological polar surface area (TPSA) is 168 Å². The van der Waals surface area contributed by atoms with Crippen molar-refractivity contribution in [3.05, 3.63) is 20.2 Å². The van der Waals surface area contributed by atoms with Crippen LogP contribution in [0, 0.1) is 20.2 Å². The first kappa shape index (κ1) is 16.3. The van der Waals surface area contributed by atoms with E-state index < -0.39 is 54.3 Å². The second-order valence-electron chi connectivity index (χ2n) is 3.05. The number of carboxylic acid groups (broad SMARTS) is 1. The smallest absolute Gasteiger partial charge is 0.306 e. The van der Waals surface area contributed by atoms with Gasteiger partial charge in [0.1, 0.15) is 13.2 Å². The monoisotopic (exact) mass is 282 g/mol. The minimum atomic E-state index is -1.48. The Labute approximate surface area is 105 Å². The van der Waals surface area contributed by atoms with Crippen molar-refractivity contribution in [2.45, 2.75) is 18.9 Å². The Balaban J connectivity index is 4.09. The Bertz CT molecular complexity index is 356. The SMILES string of the molecule is O=C(O)CCC(=O)OC[C@H](CO[N+](=O)[O-])O[N+](=O)[O-]. The molecule has 0 spiro atoms. The predicted octanol–water partition coefficient (Wildman–Crippen LogP) is -0.820. The van der Waals surface area contributed by atoms with Crippen LogP contribution < -0.4 is 0 Å². The van der Waals surface area contributed by atoms with Gasteiger partial charge in [-0.25, -0.2) is 0 Å². The van der Waals surface area contributed by atoms with Gasteiger partial charge in [-0.05, 0) is 0 Å². The van der Waals surface area contributed by atoms with Gasteiger partial charge in [-0.15, -0.1) is 20.2 Å². The van der Waals surface area contributed by atoms with E-state index in [1.54, 1.807) is 0 Å². The van der Waals surface area contributed by atoms with Crippen molar-refractivity contribution in [2.75, 3.05) is 13.2 Å². The Morgan fingerprint density at radius 1 is 1.11 bits per heavy atom. The van der Waals surface area contributed by atoms with E-state index in [0.717, 1.165) is 0 Å². The van der Waals surface area contributed by atoms with Crippen LogP contribution in [-0.4, -0.2) is 46.5 Å². The van der Waals surface area contributed by atoms with Gasteiger partial charge in [0, 0.05) is 0 Å². The van der Waals surface area contributed by atoms with Crippen LogP contribution in [-0.2, 0) is 24.0 Å². The molecule has 108 valence electrons. The molecule has 0 aliphatic carbocycles. The molecular weight excluding hydrogens is 272 g/mol. The second kappa shape index (κ2) is 8.43. The van der Waals surface area contributed by atoms with Crippen molar-refractivity contribution < 1.29 is 39.3 Å². The average molecular weight is 282 g/mol. The molecule has 0 aromatic heterocycles. The standard InChI is InChI=1S/C7H10N2O10/c10-6(11)1-2-7(12)17-3-5(19-9(15)16)4-18-8(13)14/h5H,1-4H2,(H,10,11)/t5-/m1/s1. The average Bonchev–Trinajstić information content (AvgIpc) is 2.29. The number of rotatable bonds is 10. The molecule has 12 heteroatoms. The summed E-state index contributed by atoms with van der Waals surface area (Å²) in [7, 11) is 0. The molecule has 0 saturated heterocycles. The van der Waals surface area contributed by atoms with Crippen molar-refractivity contribution in [1.29, 1.82) is 0 Å². The molecular formula is C7H10N2O10. The number of carbonyl (C=O) groups excluding carboxylic acids is 1. The summed E-state index contributed by atoms with van der Waals surface area (Å²) >= 11 is 0. The minimum absolute atomic E-state index is 0.434. The molecule has 0 radical (unpaired) electrons. The molecule has 12 nitrogen and oxygen atoms in total. The van der Waals surface area contributed by atoms with Crippen molar-refractivity contribution >= 4 is 11.9 Å². The molecule has 1 atom stereocenters. The van der Waals surface area contributed by atoms with E-state index in [2.05, 4.69) is 14.4 Å². The number of carbonyl (C=O) groups is 2. The highest BCUT2D eigenvalue weighted by Gasteiger charge is 2.18. The third kappa shape index (κ3) is 10.2. The summed E-state index contributed by atoms with van der Waals surface area (Å²) < 4.78 is 4.45. The van der Waals surface area contributed by atoms with Crippen LogP contribution in [0.3, 0.4) is 0 Å². The Kier molecular flexibility index (Phi) is 7.25. The van der Waals surface area contributed by atoms with Gasteiger partial charge in [0.25, 0.3) is 10.2 Å². The molecule has 0 bridgehead atoms. The largest absolute Gasteiger partial charge is 0.481 e. The lowest BCUT2D eigenvalue weighted by Gasteiger charge is -2.13. The van der Waals surface area contributed by atoms with Gasteiger partial charge in [0.2, 0.25) is 0 Å². The maximum absolute atomic E-state index is 11.0. The summed E-state index contributed by atoms with van der Waals surface area (Å²) in [4.78, 5) is 48.9. The zero-order valence-electron chi connectivity index (χ0n) is 9.42. The van der Waals surface area contributed by atoms with Crippen molar-refractivity contribution in [3.63, 3.8) is 0 Å². The van der Waals surface area contributed by atoms with Crippen LogP contribution in [0.5, 0.6) is 0 Å². The van der Waals surface area contributed by atoms with Crippen molar-refractivity contribution in [3.8, 4) is 0 Å². The van der Waals surface area contributed by atoms with Crippen LogP contribution in [0.4, 0.5) is 0 Å². The van der Waals surface area contributed by atoms with Gasteiger partial charge in [0.15, 0.2) is 6.10 Å². The van der Waals surface area contributed by atoms with Crippen LogP contribution >= 0.6 is 0 Å². The molecule has 0 aliphatic rings.